The van der Waals surface area contributed by atoms with Gasteiger partial charge in [0, 0.05) is 30.1 Å². The smallest absolute Gasteiger partial charge is 0.187 e. The van der Waals surface area contributed by atoms with Crippen LogP contribution in [0, 0.1) is 5.82 Å². The van der Waals surface area contributed by atoms with E-state index in [1.54, 1.807) is 24.5 Å². The van der Waals surface area contributed by atoms with Crippen LogP contribution in [0.4, 0.5) is 4.39 Å². The van der Waals surface area contributed by atoms with E-state index in [1.807, 2.05) is 12.3 Å². The number of benzene rings is 1. The van der Waals surface area contributed by atoms with Crippen LogP contribution in [-0.2, 0) is 6.42 Å². The molecule has 4 rings (SSSR count). The molecule has 0 fully saturated rings. The molecule has 5 nitrogen and oxygen atoms in total. The quantitative estimate of drug-likeness (QED) is 0.576. The summed E-state index contributed by atoms with van der Waals surface area (Å²) in [7, 11) is 0. The van der Waals surface area contributed by atoms with Gasteiger partial charge in [0.25, 0.3) is 0 Å². The molecule has 0 unspecified atom stereocenters. The molecule has 0 spiro atoms. The minimum atomic E-state index is -0.272. The molecule has 126 valence electrons. The SMILES string of the molecule is CSc1nccc(-c2c(-c3ccc(F)cc3)nc3n2/C(=C/N)CC3)n1. The van der Waals surface area contributed by atoms with E-state index in [0.717, 1.165) is 47.0 Å². The number of nitrogens with zero attached hydrogens (tertiary/aromatic N) is 4. The minimum Gasteiger partial charge on any atom is -0.403 e. The summed E-state index contributed by atoms with van der Waals surface area (Å²) in [5.74, 6) is 0.668. The number of allylic oxidation sites excluding steroid dienone is 1. The van der Waals surface area contributed by atoms with Gasteiger partial charge >= 0.3 is 0 Å². The molecule has 3 heterocycles. The first-order valence-corrected chi connectivity index (χ1v) is 9.10. The third-order valence-corrected chi connectivity index (χ3v) is 4.77. The fraction of sp³-hybridized carbons (Fsp3) is 0.167. The average molecular weight is 353 g/mol. The average Bonchev–Trinajstić information content (AvgIpc) is 3.21. The number of hydrogen-bond donors (Lipinski definition) is 1. The van der Waals surface area contributed by atoms with Crippen molar-refractivity contribution in [2.24, 2.45) is 5.73 Å². The first kappa shape index (κ1) is 15.8. The molecule has 1 aliphatic rings. The zero-order chi connectivity index (χ0) is 17.4. The van der Waals surface area contributed by atoms with E-state index in [1.165, 1.54) is 23.9 Å². The Hall–Kier alpha value is -2.67. The van der Waals surface area contributed by atoms with Crippen LogP contribution in [0.1, 0.15) is 12.2 Å². The molecule has 2 N–H and O–H groups in total. The predicted octanol–water partition coefficient (Wildman–Crippen LogP) is 3.57. The molecule has 0 radical (unpaired) electrons. The topological polar surface area (TPSA) is 69.6 Å². The number of nitrogens with two attached hydrogens (primary N) is 1. The molecule has 1 aromatic carbocycles. The van der Waals surface area contributed by atoms with E-state index in [4.69, 9.17) is 10.7 Å². The van der Waals surface area contributed by atoms with Crippen LogP contribution in [0.2, 0.25) is 0 Å². The lowest BCUT2D eigenvalue weighted by Gasteiger charge is -2.10. The van der Waals surface area contributed by atoms with Gasteiger partial charge in [0.1, 0.15) is 11.6 Å². The van der Waals surface area contributed by atoms with Crippen molar-refractivity contribution in [2.45, 2.75) is 18.0 Å². The van der Waals surface area contributed by atoms with Crippen LogP contribution in [0.25, 0.3) is 28.3 Å². The van der Waals surface area contributed by atoms with E-state index < -0.39 is 0 Å². The van der Waals surface area contributed by atoms with Crippen LogP contribution in [0.5, 0.6) is 0 Å². The summed E-state index contributed by atoms with van der Waals surface area (Å²) in [5, 5.41) is 0.689. The maximum atomic E-state index is 13.3. The van der Waals surface area contributed by atoms with Crippen LogP contribution < -0.4 is 5.73 Å². The van der Waals surface area contributed by atoms with E-state index in [2.05, 4.69) is 14.5 Å². The van der Waals surface area contributed by atoms with Gasteiger partial charge in [-0.25, -0.2) is 19.3 Å². The van der Waals surface area contributed by atoms with Crippen molar-refractivity contribution in [2.75, 3.05) is 6.26 Å². The number of rotatable bonds is 3. The second kappa shape index (κ2) is 6.33. The van der Waals surface area contributed by atoms with E-state index >= 15 is 0 Å². The standard InChI is InChI=1S/C18H16FN5S/c1-25-18-21-9-8-14(22-18)17-16(11-2-4-12(19)5-3-11)23-15-7-6-13(10-20)24(15)17/h2-5,8-10H,6-7,20H2,1H3/b13-10+. The Morgan fingerprint density at radius 1 is 1.16 bits per heavy atom. The third-order valence-electron chi connectivity index (χ3n) is 4.21. The monoisotopic (exact) mass is 353 g/mol. The van der Waals surface area contributed by atoms with E-state index in [9.17, 15) is 4.39 Å². The number of halogens is 1. The molecular formula is C18H16FN5S. The van der Waals surface area contributed by atoms with Gasteiger partial charge in [-0.05, 0) is 43.0 Å². The highest BCUT2D eigenvalue weighted by Crippen LogP contribution is 2.38. The molecular weight excluding hydrogens is 337 g/mol. The molecule has 2 aromatic heterocycles. The number of thioether (sulfide) groups is 1. The van der Waals surface area contributed by atoms with Gasteiger partial charge in [-0.1, -0.05) is 11.8 Å². The summed E-state index contributed by atoms with van der Waals surface area (Å²) >= 11 is 1.48. The largest absolute Gasteiger partial charge is 0.403 e. The second-order valence-electron chi connectivity index (χ2n) is 5.65. The highest BCUT2D eigenvalue weighted by atomic mass is 32.2. The van der Waals surface area contributed by atoms with Crippen LogP contribution in [0.15, 0.2) is 47.9 Å². The number of aromatic nitrogens is 4. The summed E-state index contributed by atoms with van der Waals surface area (Å²) in [6.45, 7) is 0. The molecule has 1 aliphatic heterocycles. The molecule has 0 atom stereocenters. The van der Waals surface area contributed by atoms with Crippen LogP contribution in [-0.4, -0.2) is 25.8 Å². The molecule has 0 saturated heterocycles. The molecule has 25 heavy (non-hydrogen) atoms. The van der Waals surface area contributed by atoms with Crippen LogP contribution >= 0.6 is 11.8 Å². The fourth-order valence-corrected chi connectivity index (χ4v) is 3.43. The molecule has 3 aromatic rings. The van der Waals surface area contributed by atoms with Crippen molar-refractivity contribution >= 4 is 17.5 Å². The Morgan fingerprint density at radius 3 is 2.68 bits per heavy atom. The van der Waals surface area contributed by atoms with Gasteiger partial charge < -0.3 is 5.73 Å². The summed E-state index contributed by atoms with van der Waals surface area (Å²) in [5.41, 5.74) is 10.1. The highest BCUT2D eigenvalue weighted by Gasteiger charge is 2.27. The van der Waals surface area contributed by atoms with Gasteiger partial charge in [-0.2, -0.15) is 0 Å². The van der Waals surface area contributed by atoms with Crippen molar-refractivity contribution in [3.05, 3.63) is 54.4 Å². The van der Waals surface area contributed by atoms with E-state index in [0.29, 0.717) is 5.16 Å². The Balaban J connectivity index is 1.98. The molecule has 0 bridgehead atoms. The van der Waals surface area contributed by atoms with Gasteiger partial charge in [0.2, 0.25) is 0 Å². The zero-order valence-electron chi connectivity index (χ0n) is 13.6. The molecule has 0 saturated carbocycles. The molecule has 7 heteroatoms. The first-order chi connectivity index (χ1) is 12.2. The lowest BCUT2D eigenvalue weighted by molar-refractivity contribution is 0.628. The van der Waals surface area contributed by atoms with E-state index in [-0.39, 0.29) is 5.82 Å². The Morgan fingerprint density at radius 2 is 1.96 bits per heavy atom. The summed E-state index contributed by atoms with van der Waals surface area (Å²) in [4.78, 5) is 13.7. The fourth-order valence-electron chi connectivity index (χ4n) is 3.07. The Kier molecular flexibility index (Phi) is 4.01. The Labute approximate surface area is 148 Å². The number of imidazole rings is 1. The zero-order valence-corrected chi connectivity index (χ0v) is 14.4. The van der Waals surface area contributed by atoms with Crippen molar-refractivity contribution in [3.63, 3.8) is 0 Å². The van der Waals surface area contributed by atoms with Crippen molar-refractivity contribution in [1.82, 2.24) is 19.5 Å². The van der Waals surface area contributed by atoms with Gasteiger partial charge in [0.05, 0.1) is 17.1 Å². The lowest BCUT2D eigenvalue weighted by Crippen LogP contribution is -2.00. The van der Waals surface area contributed by atoms with Crippen LogP contribution in [0.3, 0.4) is 0 Å². The van der Waals surface area contributed by atoms with Crippen molar-refractivity contribution in [1.29, 1.82) is 0 Å². The van der Waals surface area contributed by atoms with Crippen molar-refractivity contribution in [3.8, 4) is 22.6 Å². The predicted molar refractivity (Wildman–Crippen MR) is 97.2 cm³/mol. The minimum absolute atomic E-state index is 0.272. The molecule has 0 aliphatic carbocycles. The number of aryl methyl sites for hydroxylation is 1. The van der Waals surface area contributed by atoms with Crippen molar-refractivity contribution < 1.29 is 4.39 Å². The maximum absolute atomic E-state index is 13.3. The summed E-state index contributed by atoms with van der Waals surface area (Å²) in [6, 6.07) is 8.22. The number of hydrogen-bond acceptors (Lipinski definition) is 5. The van der Waals surface area contributed by atoms with Gasteiger partial charge in [0.15, 0.2) is 5.16 Å². The highest BCUT2D eigenvalue weighted by molar-refractivity contribution is 7.98. The first-order valence-electron chi connectivity index (χ1n) is 7.87. The van der Waals surface area contributed by atoms with Gasteiger partial charge in [-0.15, -0.1) is 0 Å². The Bertz CT molecular complexity index is 962. The molecule has 0 amide bonds. The summed E-state index contributed by atoms with van der Waals surface area (Å²) in [6.07, 6.45) is 6.95. The normalized spacial score (nSPS) is 14.9. The lowest BCUT2D eigenvalue weighted by atomic mass is 10.1. The number of fused-ring (bicyclic) bond motifs is 1. The third kappa shape index (κ3) is 2.70. The second-order valence-corrected chi connectivity index (χ2v) is 6.43. The summed E-state index contributed by atoms with van der Waals surface area (Å²) < 4.78 is 15.4. The van der Waals surface area contributed by atoms with Gasteiger partial charge in [-0.3, -0.25) is 4.57 Å². The maximum Gasteiger partial charge on any atom is 0.187 e.